The Bertz CT molecular complexity index is 835. The van der Waals surface area contributed by atoms with Gasteiger partial charge >= 0.3 is 5.69 Å². The highest BCUT2D eigenvalue weighted by atomic mass is 16.6. The summed E-state index contributed by atoms with van der Waals surface area (Å²) in [6.07, 6.45) is 2.94. The molecule has 0 bridgehead atoms. The summed E-state index contributed by atoms with van der Waals surface area (Å²) in [6, 6.07) is 5.95. The number of benzene rings is 1. The average Bonchev–Trinajstić information content (AvgIpc) is 2.84. The van der Waals surface area contributed by atoms with Crippen molar-refractivity contribution in [3.8, 4) is 11.4 Å². The number of fused-ring (bicyclic) bond motifs is 1. The number of nitrogens with zero attached hydrogens (tertiary/aromatic N) is 4. The minimum absolute atomic E-state index is 0.0558. The van der Waals surface area contributed by atoms with Crippen LogP contribution in [-0.4, -0.2) is 24.5 Å². The normalized spacial score (nSPS) is 10.7. The largest absolute Gasteiger partial charge is 0.348 e. The van der Waals surface area contributed by atoms with Crippen molar-refractivity contribution in [3.05, 3.63) is 57.3 Å². The molecule has 0 radical (unpaired) electrons. The molecule has 0 aliphatic rings. The van der Waals surface area contributed by atoms with E-state index in [0.29, 0.717) is 16.9 Å². The van der Waals surface area contributed by atoms with Crippen LogP contribution in [0.3, 0.4) is 0 Å². The van der Waals surface area contributed by atoms with Crippen LogP contribution in [0.15, 0.2) is 41.5 Å². The van der Waals surface area contributed by atoms with E-state index in [0.717, 1.165) is 0 Å². The van der Waals surface area contributed by atoms with E-state index < -0.39 is 10.6 Å². The summed E-state index contributed by atoms with van der Waals surface area (Å²) < 4.78 is 1.31. The zero-order valence-electron chi connectivity index (χ0n) is 9.48. The van der Waals surface area contributed by atoms with Gasteiger partial charge < -0.3 is 0 Å². The maximum Gasteiger partial charge on any atom is 0.348 e. The zero-order valence-corrected chi connectivity index (χ0v) is 9.48. The number of nitro groups is 1. The number of aromatic nitrogens is 4. The molecule has 0 amide bonds. The molecule has 0 fully saturated rings. The molecule has 0 saturated heterocycles. The Morgan fingerprint density at radius 2 is 2.16 bits per heavy atom. The molecule has 3 rings (SSSR count). The third-order valence-electron chi connectivity index (χ3n) is 2.66. The summed E-state index contributed by atoms with van der Waals surface area (Å²) in [5, 5.41) is 16.7. The van der Waals surface area contributed by atoms with E-state index in [1.807, 2.05) is 0 Å². The van der Waals surface area contributed by atoms with Crippen LogP contribution in [0.5, 0.6) is 0 Å². The van der Waals surface area contributed by atoms with Crippen LogP contribution < -0.4 is 5.69 Å². The molecule has 19 heavy (non-hydrogen) atoms. The van der Waals surface area contributed by atoms with Gasteiger partial charge in [-0.25, -0.2) is 19.3 Å². The first kappa shape index (κ1) is 11.1. The highest BCUT2D eigenvalue weighted by molar-refractivity contribution is 5.63. The van der Waals surface area contributed by atoms with Crippen LogP contribution in [0.2, 0.25) is 0 Å². The van der Waals surface area contributed by atoms with Crippen molar-refractivity contribution in [3.63, 3.8) is 0 Å². The average molecular weight is 257 g/mol. The van der Waals surface area contributed by atoms with Gasteiger partial charge in [-0.05, 0) is 0 Å². The van der Waals surface area contributed by atoms with Crippen molar-refractivity contribution >= 4 is 11.2 Å². The van der Waals surface area contributed by atoms with Crippen LogP contribution in [0.4, 0.5) is 5.69 Å². The molecule has 0 saturated carbocycles. The quantitative estimate of drug-likeness (QED) is 0.544. The molecule has 8 nitrogen and oxygen atoms in total. The van der Waals surface area contributed by atoms with Crippen LogP contribution in [-0.2, 0) is 0 Å². The highest BCUT2D eigenvalue weighted by Crippen LogP contribution is 2.22. The molecule has 0 spiro atoms. The lowest BCUT2D eigenvalue weighted by Gasteiger charge is -2.00. The number of nitrogens with one attached hydrogen (secondary N) is 1. The molecule has 0 aliphatic heterocycles. The Balaban J connectivity index is 2.28. The van der Waals surface area contributed by atoms with Gasteiger partial charge in [-0.3, -0.25) is 10.1 Å². The molecule has 0 unspecified atom stereocenters. The minimum atomic E-state index is -0.495. The Hall–Kier alpha value is -3.03. The third kappa shape index (κ3) is 1.75. The Morgan fingerprint density at radius 3 is 2.95 bits per heavy atom. The zero-order chi connectivity index (χ0) is 13.4. The topological polar surface area (TPSA) is 106 Å². The first-order valence-corrected chi connectivity index (χ1v) is 5.33. The molecular weight excluding hydrogens is 250 g/mol. The van der Waals surface area contributed by atoms with Crippen molar-refractivity contribution in [2.24, 2.45) is 0 Å². The maximum absolute atomic E-state index is 11.7. The lowest BCUT2D eigenvalue weighted by molar-refractivity contribution is -0.384. The smallest absolute Gasteiger partial charge is 0.258 e. The highest BCUT2D eigenvalue weighted by Gasteiger charge is 2.12. The van der Waals surface area contributed by atoms with Crippen molar-refractivity contribution in [1.82, 2.24) is 19.6 Å². The van der Waals surface area contributed by atoms with E-state index in [-0.39, 0.29) is 5.69 Å². The maximum atomic E-state index is 11.7. The Kier molecular flexibility index (Phi) is 2.34. The lowest BCUT2D eigenvalue weighted by atomic mass is 10.2. The second-order valence-electron chi connectivity index (χ2n) is 3.82. The molecule has 0 aliphatic carbocycles. The summed E-state index contributed by atoms with van der Waals surface area (Å²) in [5.74, 6) is 0.336. The first-order valence-electron chi connectivity index (χ1n) is 5.33. The van der Waals surface area contributed by atoms with Gasteiger partial charge in [0.15, 0.2) is 0 Å². The van der Waals surface area contributed by atoms with Gasteiger partial charge in [0, 0.05) is 17.7 Å². The van der Waals surface area contributed by atoms with Crippen molar-refractivity contribution < 1.29 is 4.92 Å². The van der Waals surface area contributed by atoms with Gasteiger partial charge in [-0.2, -0.15) is 5.10 Å². The number of aromatic amines is 1. The molecule has 8 heteroatoms. The van der Waals surface area contributed by atoms with E-state index >= 15 is 0 Å². The number of imidazole rings is 1. The summed E-state index contributed by atoms with van der Waals surface area (Å²) in [4.78, 5) is 26.1. The monoisotopic (exact) mass is 257 g/mol. The number of hydrogen-bond donors (Lipinski definition) is 1. The number of H-pyrrole nitrogens is 1. The van der Waals surface area contributed by atoms with Crippen LogP contribution in [0.1, 0.15) is 0 Å². The van der Waals surface area contributed by atoms with E-state index in [9.17, 15) is 14.9 Å². The summed E-state index contributed by atoms with van der Waals surface area (Å²) in [6.45, 7) is 0. The predicted octanol–water partition coefficient (Wildman–Crippen LogP) is 0.993. The summed E-state index contributed by atoms with van der Waals surface area (Å²) >= 11 is 0. The summed E-state index contributed by atoms with van der Waals surface area (Å²) in [5.41, 5.74) is 0.507. The number of non-ortho nitro benzene ring substituents is 1. The summed E-state index contributed by atoms with van der Waals surface area (Å²) in [7, 11) is 0. The number of rotatable bonds is 2. The van der Waals surface area contributed by atoms with E-state index in [2.05, 4.69) is 15.2 Å². The van der Waals surface area contributed by atoms with Gasteiger partial charge in [-0.1, -0.05) is 12.1 Å². The Morgan fingerprint density at radius 1 is 1.32 bits per heavy atom. The molecule has 1 aromatic carbocycles. The van der Waals surface area contributed by atoms with Gasteiger partial charge in [0.1, 0.15) is 5.82 Å². The fraction of sp³-hybridized carbons (Fsp3) is 0. The van der Waals surface area contributed by atoms with E-state index in [1.54, 1.807) is 12.1 Å². The molecule has 0 atom stereocenters. The van der Waals surface area contributed by atoms with Crippen LogP contribution in [0, 0.1) is 10.1 Å². The fourth-order valence-corrected chi connectivity index (χ4v) is 1.84. The van der Waals surface area contributed by atoms with E-state index in [1.165, 1.54) is 28.9 Å². The van der Waals surface area contributed by atoms with Gasteiger partial charge in [-0.15, -0.1) is 0 Å². The first-order chi connectivity index (χ1) is 9.16. The van der Waals surface area contributed by atoms with E-state index in [4.69, 9.17) is 0 Å². The molecule has 2 aromatic heterocycles. The molecular formula is C11H7N5O3. The minimum Gasteiger partial charge on any atom is -0.258 e. The Labute approximate surface area is 105 Å². The second kappa shape index (κ2) is 4.02. The lowest BCUT2D eigenvalue weighted by Crippen LogP contribution is -2.17. The van der Waals surface area contributed by atoms with Crippen molar-refractivity contribution in [2.45, 2.75) is 0 Å². The molecule has 3 aromatic rings. The van der Waals surface area contributed by atoms with Gasteiger partial charge in [0.25, 0.3) is 5.69 Å². The number of nitro benzene ring substituents is 1. The standard InChI is InChI=1S/C11H7N5O3/c17-11-14-13-6-9-5-12-10(15(9)11)7-2-1-3-8(4-7)16(18)19/h1-6H,(H,14,17). The fourth-order valence-electron chi connectivity index (χ4n) is 1.84. The second-order valence-corrected chi connectivity index (χ2v) is 3.82. The SMILES string of the molecule is O=c1[nH]ncc2cnc(-c3cccc([N+](=O)[O-])c3)n12. The van der Waals surface area contributed by atoms with Crippen LogP contribution >= 0.6 is 0 Å². The molecule has 2 heterocycles. The van der Waals surface area contributed by atoms with Crippen molar-refractivity contribution in [1.29, 1.82) is 0 Å². The van der Waals surface area contributed by atoms with Gasteiger partial charge in [0.05, 0.1) is 22.8 Å². The third-order valence-corrected chi connectivity index (χ3v) is 2.66. The molecule has 1 N–H and O–H groups in total. The van der Waals surface area contributed by atoms with Gasteiger partial charge in [0.2, 0.25) is 0 Å². The number of hydrogen-bond acceptors (Lipinski definition) is 5. The van der Waals surface area contributed by atoms with Crippen molar-refractivity contribution in [2.75, 3.05) is 0 Å². The molecule has 94 valence electrons. The van der Waals surface area contributed by atoms with Crippen LogP contribution in [0.25, 0.3) is 16.9 Å². The predicted molar refractivity (Wildman–Crippen MR) is 65.7 cm³/mol.